The summed E-state index contributed by atoms with van der Waals surface area (Å²) < 4.78 is 10.9. The summed E-state index contributed by atoms with van der Waals surface area (Å²) in [4.78, 5) is 4.33. The van der Waals surface area contributed by atoms with Crippen LogP contribution in [0.25, 0.3) is 0 Å². The van der Waals surface area contributed by atoms with E-state index in [-0.39, 0.29) is 0 Å². The Morgan fingerprint density at radius 1 is 1.65 bits per heavy atom. The third-order valence-corrected chi connectivity index (χ3v) is 3.11. The van der Waals surface area contributed by atoms with E-state index in [1.54, 1.807) is 6.20 Å². The molecule has 4 heteroatoms. The Balaban J connectivity index is 2.01. The molecule has 17 heavy (non-hydrogen) atoms. The van der Waals surface area contributed by atoms with Crippen LogP contribution in [0.3, 0.4) is 0 Å². The van der Waals surface area contributed by atoms with Crippen molar-refractivity contribution in [3.63, 3.8) is 0 Å². The smallest absolute Gasteiger partial charge is 0.168 e. The number of nitrogens with zero attached hydrogens (tertiary/aromatic N) is 1. The number of rotatable bonds is 5. The molecule has 2 unspecified atom stereocenters. The third kappa shape index (κ3) is 3.09. The van der Waals surface area contributed by atoms with Crippen LogP contribution in [0.15, 0.2) is 18.3 Å². The Morgan fingerprint density at radius 2 is 2.53 bits per heavy atom. The molecule has 0 aliphatic carbocycles. The van der Waals surface area contributed by atoms with Gasteiger partial charge in [-0.15, -0.1) is 0 Å². The predicted molar refractivity (Wildman–Crippen MR) is 67.4 cm³/mol. The van der Waals surface area contributed by atoms with Gasteiger partial charge >= 0.3 is 0 Å². The molecule has 2 heterocycles. The van der Waals surface area contributed by atoms with E-state index >= 15 is 0 Å². The summed E-state index contributed by atoms with van der Waals surface area (Å²) in [6.07, 6.45) is 2.90. The average Bonchev–Trinajstić information content (AvgIpc) is 2.85. The van der Waals surface area contributed by atoms with E-state index in [0.29, 0.717) is 18.6 Å². The topological polar surface area (TPSA) is 43.4 Å². The number of anilines is 1. The Morgan fingerprint density at radius 3 is 3.24 bits per heavy atom. The maximum absolute atomic E-state index is 5.54. The van der Waals surface area contributed by atoms with Crippen LogP contribution in [-0.2, 0) is 4.74 Å². The second kappa shape index (κ2) is 5.87. The van der Waals surface area contributed by atoms with Crippen molar-refractivity contribution < 1.29 is 9.47 Å². The van der Waals surface area contributed by atoms with Crippen molar-refractivity contribution in [2.45, 2.75) is 26.3 Å². The van der Waals surface area contributed by atoms with Gasteiger partial charge in [0, 0.05) is 24.8 Å². The van der Waals surface area contributed by atoms with Gasteiger partial charge in [-0.2, -0.15) is 0 Å². The fourth-order valence-corrected chi connectivity index (χ4v) is 2.05. The standard InChI is InChI=1S/C13H20N2O2/c1-3-17-12-5-4-7-14-13(12)15-10(2)11-6-8-16-9-11/h4-5,7,10-11H,3,6,8-9H2,1-2H3,(H,14,15). The minimum absolute atomic E-state index is 0.353. The van der Waals surface area contributed by atoms with Crippen LogP contribution in [0.5, 0.6) is 5.75 Å². The molecule has 1 N–H and O–H groups in total. The molecule has 1 aliphatic rings. The minimum atomic E-state index is 0.353. The molecule has 94 valence electrons. The Hall–Kier alpha value is -1.29. The zero-order chi connectivity index (χ0) is 12.1. The molecule has 0 amide bonds. The van der Waals surface area contributed by atoms with Crippen molar-refractivity contribution in [1.82, 2.24) is 4.98 Å². The van der Waals surface area contributed by atoms with Gasteiger partial charge in [0.2, 0.25) is 0 Å². The molecular weight excluding hydrogens is 216 g/mol. The van der Waals surface area contributed by atoms with Crippen LogP contribution >= 0.6 is 0 Å². The number of nitrogens with one attached hydrogen (secondary N) is 1. The zero-order valence-corrected chi connectivity index (χ0v) is 10.5. The van der Waals surface area contributed by atoms with Gasteiger partial charge < -0.3 is 14.8 Å². The first-order valence-electron chi connectivity index (χ1n) is 6.23. The maximum atomic E-state index is 5.54. The van der Waals surface area contributed by atoms with Gasteiger partial charge in [-0.05, 0) is 32.4 Å². The predicted octanol–water partition coefficient (Wildman–Crippen LogP) is 2.32. The van der Waals surface area contributed by atoms with E-state index in [4.69, 9.17) is 9.47 Å². The van der Waals surface area contributed by atoms with Gasteiger partial charge in [-0.1, -0.05) is 0 Å². The molecule has 4 nitrogen and oxygen atoms in total. The highest BCUT2D eigenvalue weighted by Crippen LogP contribution is 2.25. The number of ether oxygens (including phenoxy) is 2. The SMILES string of the molecule is CCOc1cccnc1NC(C)C1CCOC1. The van der Waals surface area contributed by atoms with E-state index in [1.807, 2.05) is 19.1 Å². The summed E-state index contributed by atoms with van der Waals surface area (Å²) >= 11 is 0. The van der Waals surface area contributed by atoms with Crippen molar-refractivity contribution in [3.8, 4) is 5.75 Å². The summed E-state index contributed by atoms with van der Waals surface area (Å²) in [7, 11) is 0. The van der Waals surface area contributed by atoms with Crippen molar-refractivity contribution in [1.29, 1.82) is 0 Å². The largest absolute Gasteiger partial charge is 0.490 e. The molecule has 1 aliphatic heterocycles. The lowest BCUT2D eigenvalue weighted by Gasteiger charge is -2.21. The van der Waals surface area contributed by atoms with E-state index in [9.17, 15) is 0 Å². The first-order valence-corrected chi connectivity index (χ1v) is 6.23. The number of aromatic nitrogens is 1. The summed E-state index contributed by atoms with van der Waals surface area (Å²) in [5.74, 6) is 2.21. The normalized spacial score (nSPS) is 21.2. The number of pyridine rings is 1. The first kappa shape index (κ1) is 12.2. The molecule has 2 atom stereocenters. The van der Waals surface area contributed by atoms with Gasteiger partial charge in [-0.25, -0.2) is 4.98 Å². The highest BCUT2D eigenvalue weighted by Gasteiger charge is 2.23. The van der Waals surface area contributed by atoms with E-state index in [0.717, 1.165) is 31.2 Å². The van der Waals surface area contributed by atoms with Crippen molar-refractivity contribution in [2.75, 3.05) is 25.1 Å². The monoisotopic (exact) mass is 236 g/mol. The molecule has 1 saturated heterocycles. The Labute approximate surface area is 102 Å². The van der Waals surface area contributed by atoms with Crippen LogP contribution < -0.4 is 10.1 Å². The molecule has 0 radical (unpaired) electrons. The first-order chi connectivity index (χ1) is 8.31. The molecule has 0 saturated carbocycles. The van der Waals surface area contributed by atoms with Crippen LogP contribution in [0.4, 0.5) is 5.82 Å². The quantitative estimate of drug-likeness (QED) is 0.852. The van der Waals surface area contributed by atoms with Gasteiger partial charge in [0.15, 0.2) is 11.6 Å². The van der Waals surface area contributed by atoms with E-state index in [2.05, 4.69) is 17.2 Å². The molecule has 2 rings (SSSR count). The van der Waals surface area contributed by atoms with Crippen LogP contribution in [0.1, 0.15) is 20.3 Å². The lowest BCUT2D eigenvalue weighted by molar-refractivity contribution is 0.183. The van der Waals surface area contributed by atoms with Crippen LogP contribution in [0, 0.1) is 5.92 Å². The molecule has 1 aromatic heterocycles. The van der Waals surface area contributed by atoms with Crippen LogP contribution in [-0.4, -0.2) is 30.8 Å². The Bertz CT molecular complexity index is 351. The molecule has 0 aromatic carbocycles. The van der Waals surface area contributed by atoms with Gasteiger partial charge in [0.25, 0.3) is 0 Å². The average molecular weight is 236 g/mol. The van der Waals surface area contributed by atoms with Gasteiger partial charge in [-0.3, -0.25) is 0 Å². The molecular formula is C13H20N2O2. The fraction of sp³-hybridized carbons (Fsp3) is 0.615. The lowest BCUT2D eigenvalue weighted by Crippen LogP contribution is -2.26. The molecule has 0 bridgehead atoms. The third-order valence-electron chi connectivity index (χ3n) is 3.11. The lowest BCUT2D eigenvalue weighted by atomic mass is 10.0. The summed E-state index contributed by atoms with van der Waals surface area (Å²) in [5.41, 5.74) is 0. The summed E-state index contributed by atoms with van der Waals surface area (Å²) in [6.45, 7) is 6.51. The Kier molecular flexibility index (Phi) is 4.20. The minimum Gasteiger partial charge on any atom is -0.490 e. The van der Waals surface area contributed by atoms with Crippen molar-refractivity contribution in [3.05, 3.63) is 18.3 Å². The summed E-state index contributed by atoms with van der Waals surface area (Å²) in [5, 5.41) is 3.42. The second-order valence-corrected chi connectivity index (χ2v) is 4.34. The number of hydrogen-bond donors (Lipinski definition) is 1. The molecule has 1 fully saturated rings. The van der Waals surface area contributed by atoms with Gasteiger partial charge in [0.1, 0.15) is 0 Å². The second-order valence-electron chi connectivity index (χ2n) is 4.34. The molecule has 0 spiro atoms. The van der Waals surface area contributed by atoms with Gasteiger partial charge in [0.05, 0.1) is 13.2 Å². The number of hydrogen-bond acceptors (Lipinski definition) is 4. The van der Waals surface area contributed by atoms with E-state index < -0.39 is 0 Å². The maximum Gasteiger partial charge on any atom is 0.168 e. The van der Waals surface area contributed by atoms with Crippen LogP contribution in [0.2, 0.25) is 0 Å². The zero-order valence-electron chi connectivity index (χ0n) is 10.5. The molecule has 1 aromatic rings. The highest BCUT2D eigenvalue weighted by atomic mass is 16.5. The van der Waals surface area contributed by atoms with Crippen molar-refractivity contribution >= 4 is 5.82 Å². The van der Waals surface area contributed by atoms with E-state index in [1.165, 1.54) is 0 Å². The highest BCUT2D eigenvalue weighted by molar-refractivity contribution is 5.50. The summed E-state index contributed by atoms with van der Waals surface area (Å²) in [6, 6.07) is 4.18. The fourth-order valence-electron chi connectivity index (χ4n) is 2.05. The van der Waals surface area contributed by atoms with Crippen molar-refractivity contribution in [2.24, 2.45) is 5.92 Å².